The van der Waals surface area contributed by atoms with Crippen LogP contribution in [0.1, 0.15) is 30.0 Å². The minimum absolute atomic E-state index is 0.0995. The van der Waals surface area contributed by atoms with E-state index in [0.717, 1.165) is 24.1 Å². The van der Waals surface area contributed by atoms with Gasteiger partial charge in [0, 0.05) is 28.6 Å². The third-order valence-electron chi connectivity index (χ3n) is 5.07. The minimum atomic E-state index is -0.339. The third-order valence-corrected chi connectivity index (χ3v) is 5.26. The van der Waals surface area contributed by atoms with Crippen LogP contribution in [0.4, 0.5) is 4.39 Å². The van der Waals surface area contributed by atoms with E-state index < -0.39 is 0 Å². The molecule has 1 saturated carbocycles. The Balaban J connectivity index is 1.82. The number of nitrogens with one attached hydrogen (secondary N) is 1. The smallest absolute Gasteiger partial charge is 0.212 e. The van der Waals surface area contributed by atoms with Gasteiger partial charge in [0.15, 0.2) is 11.2 Å². The molecule has 0 unspecified atom stereocenters. The maximum atomic E-state index is 13.5. The van der Waals surface area contributed by atoms with Crippen molar-refractivity contribution in [1.29, 1.82) is 0 Å². The molecule has 1 N–H and O–H groups in total. The molecule has 0 spiro atoms. The van der Waals surface area contributed by atoms with Gasteiger partial charge in [0.2, 0.25) is 5.43 Å². The number of pyridine rings is 2. The van der Waals surface area contributed by atoms with E-state index in [4.69, 9.17) is 16.6 Å². The van der Waals surface area contributed by atoms with Crippen LogP contribution in [0, 0.1) is 12.7 Å². The summed E-state index contributed by atoms with van der Waals surface area (Å²) in [6, 6.07) is 9.55. The Hall–Kier alpha value is -3.12. The van der Waals surface area contributed by atoms with Crippen LogP contribution in [-0.4, -0.2) is 19.9 Å². The van der Waals surface area contributed by atoms with Gasteiger partial charge in [-0.15, -0.1) is 0 Å². The standard InChI is InChI=1S/C22H16ClFN4O/c1-11-8-14(9-17(23)26-11)19-18(13-4-6-15(24)7-5-13)28-22-20(27-19)21(29)16(10-25-22)12-2-3-12/h4-10,12H,2-3H2,1H3,(H,25,28,29). The summed E-state index contributed by atoms with van der Waals surface area (Å²) >= 11 is 6.17. The number of rotatable bonds is 3. The van der Waals surface area contributed by atoms with E-state index in [2.05, 4.69) is 15.0 Å². The molecule has 144 valence electrons. The predicted molar refractivity (Wildman–Crippen MR) is 111 cm³/mol. The number of H-pyrrole nitrogens is 1. The molecule has 1 fully saturated rings. The zero-order valence-electron chi connectivity index (χ0n) is 15.5. The lowest BCUT2D eigenvalue weighted by atomic mass is 10.0. The van der Waals surface area contributed by atoms with Gasteiger partial charge in [0.25, 0.3) is 0 Å². The molecule has 0 bridgehead atoms. The van der Waals surface area contributed by atoms with Crippen molar-refractivity contribution in [2.75, 3.05) is 0 Å². The summed E-state index contributed by atoms with van der Waals surface area (Å²) in [5.74, 6) is -0.0443. The normalized spacial score (nSPS) is 13.8. The highest BCUT2D eigenvalue weighted by Gasteiger charge is 2.28. The number of nitrogens with zero attached hydrogens (tertiary/aromatic N) is 3. The summed E-state index contributed by atoms with van der Waals surface area (Å²) in [7, 11) is 0. The largest absolute Gasteiger partial charge is 0.344 e. The number of benzene rings is 1. The molecule has 3 heterocycles. The first-order valence-electron chi connectivity index (χ1n) is 9.33. The molecule has 0 amide bonds. The van der Waals surface area contributed by atoms with Gasteiger partial charge in [-0.1, -0.05) is 11.6 Å². The van der Waals surface area contributed by atoms with E-state index in [0.29, 0.717) is 44.7 Å². The summed E-state index contributed by atoms with van der Waals surface area (Å²) < 4.78 is 13.5. The fraction of sp³-hybridized carbons (Fsp3) is 0.182. The summed E-state index contributed by atoms with van der Waals surface area (Å²) in [6.07, 6.45) is 3.77. The average molecular weight is 407 g/mol. The first-order chi connectivity index (χ1) is 14.0. The van der Waals surface area contributed by atoms with Crippen LogP contribution in [0.5, 0.6) is 0 Å². The Labute approximate surface area is 170 Å². The molecular formula is C22H16ClFN4O. The molecule has 5 nitrogen and oxygen atoms in total. The molecule has 29 heavy (non-hydrogen) atoms. The zero-order chi connectivity index (χ0) is 20.1. The molecule has 0 atom stereocenters. The Kier molecular flexibility index (Phi) is 4.17. The lowest BCUT2D eigenvalue weighted by Gasteiger charge is -2.12. The number of aromatic amines is 1. The van der Waals surface area contributed by atoms with Crippen LogP contribution in [-0.2, 0) is 0 Å². The third kappa shape index (κ3) is 3.29. The molecule has 1 aromatic carbocycles. The number of aromatic nitrogens is 4. The van der Waals surface area contributed by atoms with Gasteiger partial charge in [-0.2, -0.15) is 0 Å². The first kappa shape index (κ1) is 17.9. The molecule has 0 radical (unpaired) electrons. The van der Waals surface area contributed by atoms with Crippen molar-refractivity contribution in [2.45, 2.75) is 25.7 Å². The summed E-state index contributed by atoms with van der Waals surface area (Å²) in [5, 5.41) is 0.326. The molecule has 0 saturated heterocycles. The van der Waals surface area contributed by atoms with Crippen LogP contribution in [0.15, 0.2) is 47.4 Å². The topological polar surface area (TPSA) is 71.5 Å². The van der Waals surface area contributed by atoms with E-state index in [1.165, 1.54) is 12.1 Å². The molecular weight excluding hydrogens is 391 g/mol. The second-order valence-corrected chi connectivity index (χ2v) is 7.68. The fourth-order valence-corrected chi connectivity index (χ4v) is 3.77. The number of hydrogen-bond acceptors (Lipinski definition) is 4. The number of hydrogen-bond donors (Lipinski definition) is 1. The van der Waals surface area contributed by atoms with Crippen LogP contribution in [0.2, 0.25) is 5.15 Å². The second-order valence-electron chi connectivity index (χ2n) is 7.29. The van der Waals surface area contributed by atoms with Gasteiger partial charge in [-0.3, -0.25) is 4.79 Å². The molecule has 7 heteroatoms. The van der Waals surface area contributed by atoms with Gasteiger partial charge in [-0.25, -0.2) is 19.3 Å². The number of aryl methyl sites for hydroxylation is 1. The SMILES string of the molecule is Cc1cc(-c2nc3c(=O)c(C4CC4)c[nH]c3nc2-c2ccc(F)cc2)cc(Cl)n1. The highest BCUT2D eigenvalue weighted by Crippen LogP contribution is 2.38. The van der Waals surface area contributed by atoms with E-state index in [1.54, 1.807) is 24.4 Å². The van der Waals surface area contributed by atoms with Crippen molar-refractivity contribution < 1.29 is 4.39 Å². The molecule has 4 aromatic rings. The van der Waals surface area contributed by atoms with Gasteiger partial charge in [-0.05, 0) is 62.1 Å². The van der Waals surface area contributed by atoms with Crippen molar-refractivity contribution >= 4 is 22.8 Å². The molecule has 5 rings (SSSR count). The summed E-state index contributed by atoms with van der Waals surface area (Å²) in [4.78, 5) is 29.7. The van der Waals surface area contributed by atoms with Crippen LogP contribution < -0.4 is 5.43 Å². The number of halogens is 2. The quantitative estimate of drug-likeness (QED) is 0.484. The van der Waals surface area contributed by atoms with Gasteiger partial charge in [0.1, 0.15) is 11.0 Å². The highest BCUT2D eigenvalue weighted by atomic mass is 35.5. The lowest BCUT2D eigenvalue weighted by Crippen LogP contribution is -2.12. The van der Waals surface area contributed by atoms with Gasteiger partial charge < -0.3 is 4.98 Å². The van der Waals surface area contributed by atoms with Crippen molar-refractivity contribution in [3.8, 4) is 22.5 Å². The van der Waals surface area contributed by atoms with E-state index in [9.17, 15) is 9.18 Å². The Morgan fingerprint density at radius 3 is 2.45 bits per heavy atom. The fourth-order valence-electron chi connectivity index (χ4n) is 3.52. The van der Waals surface area contributed by atoms with Crippen LogP contribution in [0.25, 0.3) is 33.7 Å². The van der Waals surface area contributed by atoms with Crippen LogP contribution >= 0.6 is 11.6 Å². The zero-order valence-corrected chi connectivity index (χ0v) is 16.3. The van der Waals surface area contributed by atoms with E-state index in [-0.39, 0.29) is 11.2 Å². The van der Waals surface area contributed by atoms with Crippen LogP contribution in [0.3, 0.4) is 0 Å². The van der Waals surface area contributed by atoms with Crippen molar-refractivity contribution in [1.82, 2.24) is 19.9 Å². The summed E-state index contributed by atoms with van der Waals surface area (Å²) in [5.41, 5.74) is 4.50. The van der Waals surface area contributed by atoms with Gasteiger partial charge >= 0.3 is 0 Å². The van der Waals surface area contributed by atoms with Gasteiger partial charge in [0.05, 0.1) is 11.4 Å². The predicted octanol–water partition coefficient (Wildman–Crippen LogP) is 5.03. The Bertz CT molecular complexity index is 1290. The molecule has 3 aromatic heterocycles. The first-order valence-corrected chi connectivity index (χ1v) is 9.71. The molecule has 0 aliphatic heterocycles. The second kappa shape index (κ2) is 6.74. The molecule has 1 aliphatic rings. The maximum Gasteiger partial charge on any atom is 0.212 e. The van der Waals surface area contributed by atoms with Crippen molar-refractivity contribution in [3.05, 3.63) is 75.0 Å². The minimum Gasteiger partial charge on any atom is -0.344 e. The Morgan fingerprint density at radius 2 is 1.76 bits per heavy atom. The van der Waals surface area contributed by atoms with E-state index in [1.807, 2.05) is 13.0 Å². The van der Waals surface area contributed by atoms with E-state index >= 15 is 0 Å². The molecule has 1 aliphatic carbocycles. The Morgan fingerprint density at radius 1 is 1.03 bits per heavy atom. The summed E-state index contributed by atoms with van der Waals surface area (Å²) in [6.45, 7) is 1.83. The van der Waals surface area contributed by atoms with Crippen molar-refractivity contribution in [2.24, 2.45) is 0 Å². The lowest BCUT2D eigenvalue weighted by molar-refractivity contribution is 0.628. The highest BCUT2D eigenvalue weighted by molar-refractivity contribution is 6.29. The maximum absolute atomic E-state index is 13.5. The monoisotopic (exact) mass is 406 g/mol. The van der Waals surface area contributed by atoms with Crippen molar-refractivity contribution in [3.63, 3.8) is 0 Å². The average Bonchev–Trinajstić information content (AvgIpc) is 3.52. The number of fused-ring (bicyclic) bond motifs is 1.